The molecule has 2 heterocycles. The van der Waals surface area contributed by atoms with Gasteiger partial charge < -0.3 is 20.0 Å². The van der Waals surface area contributed by atoms with Crippen LogP contribution in [-0.4, -0.2) is 39.8 Å². The first-order valence-corrected chi connectivity index (χ1v) is 11.3. The molecule has 0 saturated carbocycles. The summed E-state index contributed by atoms with van der Waals surface area (Å²) in [7, 11) is 0. The van der Waals surface area contributed by atoms with Crippen molar-refractivity contribution in [3.05, 3.63) is 70.6 Å². The van der Waals surface area contributed by atoms with Crippen LogP contribution in [0.5, 0.6) is 0 Å². The van der Waals surface area contributed by atoms with Crippen molar-refractivity contribution in [2.24, 2.45) is 10.9 Å². The summed E-state index contributed by atoms with van der Waals surface area (Å²) in [6.45, 7) is 2.14. The van der Waals surface area contributed by atoms with Crippen molar-refractivity contribution in [2.75, 3.05) is 13.1 Å². The number of hydrogen-bond acceptors (Lipinski definition) is 6. The van der Waals surface area contributed by atoms with E-state index in [0.717, 1.165) is 6.42 Å². The number of halogens is 7. The molecule has 0 radical (unpaired) electrons. The van der Waals surface area contributed by atoms with Crippen molar-refractivity contribution < 1.29 is 35.7 Å². The molecule has 0 spiro atoms. The summed E-state index contributed by atoms with van der Waals surface area (Å²) in [5.41, 5.74) is 3.97. The van der Waals surface area contributed by atoms with Crippen LogP contribution in [0.2, 0.25) is 0 Å². The Bertz CT molecular complexity index is 1310. The topological polar surface area (TPSA) is 114 Å². The van der Waals surface area contributed by atoms with Crippen LogP contribution in [0.15, 0.2) is 52.1 Å². The van der Waals surface area contributed by atoms with Gasteiger partial charge in [-0.15, -0.1) is 12.4 Å². The third-order valence-corrected chi connectivity index (χ3v) is 5.96. The molecule has 39 heavy (non-hydrogen) atoms. The van der Waals surface area contributed by atoms with E-state index in [2.05, 4.69) is 15.3 Å². The average Bonchev–Trinajstić information content (AvgIpc) is 3.53. The van der Waals surface area contributed by atoms with Crippen molar-refractivity contribution >= 4 is 24.1 Å². The number of rotatable bonds is 6. The summed E-state index contributed by atoms with van der Waals surface area (Å²) in [6.07, 6.45) is -9.15. The summed E-state index contributed by atoms with van der Waals surface area (Å²) in [5, 5.41) is 15.4. The van der Waals surface area contributed by atoms with Gasteiger partial charge in [0.2, 0.25) is 11.7 Å². The van der Waals surface area contributed by atoms with Crippen molar-refractivity contribution in [2.45, 2.75) is 38.2 Å². The quantitative estimate of drug-likeness (QED) is 0.165. The SMILES string of the molecule is CC(=NOCc1cc(C(F)(F)F)cc(C(F)(F)F)c1)c1ccc(-c2noc([C@@H]3CCN(C(=N)N)C3)n2)cc1.Cl. The van der Waals surface area contributed by atoms with E-state index < -0.39 is 30.1 Å². The Labute approximate surface area is 224 Å². The Morgan fingerprint density at radius 3 is 2.26 bits per heavy atom. The first-order valence-electron chi connectivity index (χ1n) is 11.3. The molecule has 210 valence electrons. The predicted molar refractivity (Wildman–Crippen MR) is 131 cm³/mol. The Balaban J connectivity index is 0.00000420. The normalized spacial score (nSPS) is 16.2. The van der Waals surface area contributed by atoms with E-state index in [-0.39, 0.29) is 35.9 Å². The second kappa shape index (κ2) is 11.5. The number of likely N-dealkylation sites (tertiary alicyclic amines) is 1. The van der Waals surface area contributed by atoms with E-state index in [1.54, 1.807) is 36.1 Å². The maximum atomic E-state index is 13.0. The molecule has 0 amide bonds. The second-order valence-corrected chi connectivity index (χ2v) is 8.71. The lowest BCUT2D eigenvalue weighted by Crippen LogP contribution is -2.34. The van der Waals surface area contributed by atoms with E-state index in [0.29, 0.717) is 53.8 Å². The number of guanidine groups is 1. The van der Waals surface area contributed by atoms with Crippen molar-refractivity contribution in [3.63, 3.8) is 0 Å². The van der Waals surface area contributed by atoms with Crippen molar-refractivity contribution in [3.8, 4) is 11.4 Å². The van der Waals surface area contributed by atoms with Gasteiger partial charge in [-0.25, -0.2) is 0 Å². The number of nitrogens with one attached hydrogen (secondary N) is 1. The van der Waals surface area contributed by atoms with Gasteiger partial charge in [0.05, 0.1) is 22.8 Å². The van der Waals surface area contributed by atoms with Crippen LogP contribution in [0.3, 0.4) is 0 Å². The highest BCUT2D eigenvalue weighted by Crippen LogP contribution is 2.36. The molecule has 2 aromatic carbocycles. The van der Waals surface area contributed by atoms with Crippen LogP contribution in [0.25, 0.3) is 11.4 Å². The van der Waals surface area contributed by atoms with Gasteiger partial charge in [-0.05, 0) is 42.7 Å². The van der Waals surface area contributed by atoms with E-state index in [4.69, 9.17) is 20.5 Å². The number of alkyl halides is 6. The second-order valence-electron chi connectivity index (χ2n) is 8.71. The fraction of sp³-hybridized carbons (Fsp3) is 0.333. The van der Waals surface area contributed by atoms with Crippen LogP contribution in [0.4, 0.5) is 26.3 Å². The number of nitrogens with zero attached hydrogens (tertiary/aromatic N) is 4. The van der Waals surface area contributed by atoms with E-state index in [1.165, 1.54) is 0 Å². The Hall–Kier alpha value is -3.81. The molecule has 1 aliphatic rings. The zero-order valence-electron chi connectivity index (χ0n) is 20.3. The summed E-state index contributed by atoms with van der Waals surface area (Å²) >= 11 is 0. The fourth-order valence-corrected chi connectivity index (χ4v) is 3.92. The minimum absolute atomic E-state index is 0. The lowest BCUT2D eigenvalue weighted by atomic mass is 10.1. The maximum absolute atomic E-state index is 13.0. The third-order valence-electron chi connectivity index (χ3n) is 5.96. The van der Waals surface area contributed by atoms with E-state index >= 15 is 0 Å². The third kappa shape index (κ3) is 7.19. The van der Waals surface area contributed by atoms with Gasteiger partial charge >= 0.3 is 12.4 Å². The molecule has 3 aromatic rings. The fourth-order valence-electron chi connectivity index (χ4n) is 3.92. The lowest BCUT2D eigenvalue weighted by molar-refractivity contribution is -0.143. The summed E-state index contributed by atoms with van der Waals surface area (Å²) in [5.74, 6) is 0.769. The first kappa shape index (κ1) is 29.7. The minimum Gasteiger partial charge on any atom is -0.391 e. The van der Waals surface area contributed by atoms with E-state index in [1.807, 2.05) is 0 Å². The van der Waals surface area contributed by atoms with Gasteiger partial charge in [-0.1, -0.05) is 34.6 Å². The van der Waals surface area contributed by atoms with Gasteiger partial charge in [-0.3, -0.25) is 5.41 Å². The Kier molecular flexibility index (Phi) is 8.78. The molecular weight excluding hydrogens is 554 g/mol. The molecule has 1 aromatic heterocycles. The molecule has 15 heteroatoms. The standard InChI is InChI=1S/C24H22F6N6O2.ClH/c1-13(34-37-12-14-8-18(23(25,26)27)10-19(9-14)24(28,29)30)15-2-4-16(5-3-15)20-33-21(38-35-20)17-6-7-36(11-17)22(31)32;/h2-5,8-10,17H,6-7,11-12H2,1H3,(H3,31,32);1H/t17-;/m1./s1. The monoisotopic (exact) mass is 576 g/mol. The van der Waals surface area contributed by atoms with Crippen LogP contribution in [-0.2, 0) is 23.8 Å². The maximum Gasteiger partial charge on any atom is 0.416 e. The number of hydrogen-bond donors (Lipinski definition) is 2. The van der Waals surface area contributed by atoms with Gasteiger partial charge in [0.25, 0.3) is 0 Å². The van der Waals surface area contributed by atoms with Crippen molar-refractivity contribution in [1.82, 2.24) is 15.0 Å². The highest BCUT2D eigenvalue weighted by molar-refractivity contribution is 5.98. The summed E-state index contributed by atoms with van der Waals surface area (Å²) in [6, 6.07) is 8.04. The minimum atomic E-state index is -4.94. The zero-order valence-corrected chi connectivity index (χ0v) is 21.1. The van der Waals surface area contributed by atoms with Gasteiger partial charge in [-0.2, -0.15) is 31.3 Å². The molecule has 8 nitrogen and oxygen atoms in total. The molecule has 1 aliphatic heterocycles. The number of benzene rings is 2. The van der Waals surface area contributed by atoms with Gasteiger partial charge in [0.1, 0.15) is 6.61 Å². The van der Waals surface area contributed by atoms with Crippen molar-refractivity contribution in [1.29, 1.82) is 5.41 Å². The highest BCUT2D eigenvalue weighted by Gasteiger charge is 2.37. The zero-order chi connectivity index (χ0) is 27.7. The highest BCUT2D eigenvalue weighted by atomic mass is 35.5. The van der Waals surface area contributed by atoms with Crippen LogP contribution >= 0.6 is 12.4 Å². The molecular formula is C24H23ClF6N6O2. The Morgan fingerprint density at radius 1 is 1.10 bits per heavy atom. The molecule has 0 bridgehead atoms. The molecule has 3 N–H and O–H groups in total. The van der Waals surface area contributed by atoms with Crippen LogP contribution < -0.4 is 5.73 Å². The summed E-state index contributed by atoms with van der Waals surface area (Å²) in [4.78, 5) is 11.2. The lowest BCUT2D eigenvalue weighted by Gasteiger charge is -2.14. The number of nitrogens with two attached hydrogens (primary N) is 1. The van der Waals surface area contributed by atoms with Gasteiger partial charge in [0.15, 0.2) is 5.96 Å². The summed E-state index contributed by atoms with van der Waals surface area (Å²) < 4.78 is 83.5. The van der Waals surface area contributed by atoms with Crippen LogP contribution in [0, 0.1) is 5.41 Å². The van der Waals surface area contributed by atoms with Crippen LogP contribution in [0.1, 0.15) is 47.4 Å². The molecule has 0 unspecified atom stereocenters. The number of oxime groups is 1. The van der Waals surface area contributed by atoms with Gasteiger partial charge in [0, 0.05) is 18.7 Å². The smallest absolute Gasteiger partial charge is 0.391 e. The molecule has 4 rings (SSSR count). The molecule has 1 saturated heterocycles. The molecule has 1 fully saturated rings. The predicted octanol–water partition coefficient (Wildman–Crippen LogP) is 5.82. The molecule has 1 atom stereocenters. The van der Waals surface area contributed by atoms with E-state index in [9.17, 15) is 26.3 Å². The largest absolute Gasteiger partial charge is 0.416 e. The molecule has 0 aliphatic carbocycles. The first-order chi connectivity index (χ1) is 17.8. The Morgan fingerprint density at radius 2 is 1.72 bits per heavy atom. The average molecular weight is 577 g/mol. The number of aromatic nitrogens is 2.